The van der Waals surface area contributed by atoms with E-state index in [0.717, 1.165) is 12.1 Å². The lowest BCUT2D eigenvalue weighted by molar-refractivity contribution is -0.122. The molecule has 1 rings (SSSR count). The SMILES string of the molecule is C=CCNC(=O)COc1ccc(F)c(F)c1. The summed E-state index contributed by atoms with van der Waals surface area (Å²) in [4.78, 5) is 11.1. The first kappa shape index (κ1) is 12.2. The van der Waals surface area contributed by atoms with Gasteiger partial charge in [0, 0.05) is 12.6 Å². The molecular weight excluding hydrogens is 216 g/mol. The molecule has 0 aliphatic heterocycles. The van der Waals surface area contributed by atoms with Gasteiger partial charge in [0.15, 0.2) is 18.2 Å². The van der Waals surface area contributed by atoms with Gasteiger partial charge in [0.2, 0.25) is 0 Å². The van der Waals surface area contributed by atoms with Crippen LogP contribution in [0.25, 0.3) is 0 Å². The third-order valence-corrected chi connectivity index (χ3v) is 1.70. The molecule has 0 fully saturated rings. The Bertz CT molecular complexity index is 394. The van der Waals surface area contributed by atoms with Gasteiger partial charge in [-0.25, -0.2) is 8.78 Å². The Morgan fingerprint density at radius 1 is 1.44 bits per heavy atom. The Labute approximate surface area is 91.7 Å². The number of nitrogens with one attached hydrogen (secondary N) is 1. The molecule has 0 heterocycles. The molecule has 0 aromatic heterocycles. The third-order valence-electron chi connectivity index (χ3n) is 1.70. The van der Waals surface area contributed by atoms with Crippen molar-refractivity contribution in [1.82, 2.24) is 5.32 Å². The number of amides is 1. The molecule has 1 amide bonds. The van der Waals surface area contributed by atoms with Crippen LogP contribution < -0.4 is 10.1 Å². The van der Waals surface area contributed by atoms with E-state index in [2.05, 4.69) is 11.9 Å². The van der Waals surface area contributed by atoms with Crippen molar-refractivity contribution in [3.63, 3.8) is 0 Å². The van der Waals surface area contributed by atoms with Crippen LogP contribution in [0.1, 0.15) is 0 Å². The molecule has 0 aliphatic carbocycles. The largest absolute Gasteiger partial charge is 0.484 e. The number of benzene rings is 1. The molecule has 0 atom stereocenters. The van der Waals surface area contributed by atoms with Crippen LogP contribution in [0.2, 0.25) is 0 Å². The molecule has 0 aliphatic rings. The number of hydrogen-bond acceptors (Lipinski definition) is 2. The van der Waals surface area contributed by atoms with E-state index in [9.17, 15) is 13.6 Å². The van der Waals surface area contributed by atoms with Gasteiger partial charge in [-0.2, -0.15) is 0 Å². The molecule has 0 radical (unpaired) electrons. The van der Waals surface area contributed by atoms with Crippen LogP contribution in [0.15, 0.2) is 30.9 Å². The molecule has 1 N–H and O–H groups in total. The van der Waals surface area contributed by atoms with E-state index >= 15 is 0 Å². The van der Waals surface area contributed by atoms with E-state index < -0.39 is 11.6 Å². The van der Waals surface area contributed by atoms with Crippen molar-refractivity contribution < 1.29 is 18.3 Å². The lowest BCUT2D eigenvalue weighted by Gasteiger charge is -2.06. The van der Waals surface area contributed by atoms with Gasteiger partial charge < -0.3 is 10.1 Å². The van der Waals surface area contributed by atoms with Crippen LogP contribution in [0, 0.1) is 11.6 Å². The summed E-state index contributed by atoms with van der Waals surface area (Å²) in [5.74, 6) is -2.22. The number of rotatable bonds is 5. The molecular formula is C11H11F2NO2. The lowest BCUT2D eigenvalue weighted by atomic mass is 10.3. The van der Waals surface area contributed by atoms with Gasteiger partial charge >= 0.3 is 0 Å². The van der Waals surface area contributed by atoms with E-state index in [1.807, 2.05) is 0 Å². The number of carbonyl (C=O) groups excluding carboxylic acids is 1. The molecule has 0 spiro atoms. The van der Waals surface area contributed by atoms with Crippen molar-refractivity contribution >= 4 is 5.91 Å². The fraction of sp³-hybridized carbons (Fsp3) is 0.182. The number of carbonyl (C=O) groups is 1. The lowest BCUT2D eigenvalue weighted by Crippen LogP contribution is -2.28. The zero-order valence-corrected chi connectivity index (χ0v) is 8.50. The van der Waals surface area contributed by atoms with Crippen LogP contribution in [-0.4, -0.2) is 19.1 Å². The highest BCUT2D eigenvalue weighted by Crippen LogP contribution is 2.14. The van der Waals surface area contributed by atoms with Crippen LogP contribution >= 0.6 is 0 Å². The molecule has 5 heteroatoms. The van der Waals surface area contributed by atoms with Crippen molar-refractivity contribution in [2.75, 3.05) is 13.2 Å². The summed E-state index contributed by atoms with van der Waals surface area (Å²) < 4.78 is 30.2. The summed E-state index contributed by atoms with van der Waals surface area (Å²) in [7, 11) is 0. The Kier molecular flexibility index (Phi) is 4.44. The quantitative estimate of drug-likeness (QED) is 0.777. The topological polar surface area (TPSA) is 38.3 Å². The Morgan fingerprint density at radius 3 is 2.81 bits per heavy atom. The van der Waals surface area contributed by atoms with Gasteiger partial charge in [-0.1, -0.05) is 6.08 Å². The summed E-state index contributed by atoms with van der Waals surface area (Å²) in [5, 5.41) is 2.48. The highest BCUT2D eigenvalue weighted by molar-refractivity contribution is 5.77. The summed E-state index contributed by atoms with van der Waals surface area (Å²) in [6, 6.07) is 3.07. The maximum absolute atomic E-state index is 12.7. The highest BCUT2D eigenvalue weighted by Gasteiger charge is 2.05. The Hall–Kier alpha value is -1.91. The van der Waals surface area contributed by atoms with Crippen molar-refractivity contribution in [3.8, 4) is 5.75 Å². The van der Waals surface area contributed by atoms with E-state index in [4.69, 9.17) is 4.74 Å². The second-order valence-corrected chi connectivity index (χ2v) is 2.96. The van der Waals surface area contributed by atoms with Crippen LogP contribution in [-0.2, 0) is 4.79 Å². The molecule has 0 saturated carbocycles. The van der Waals surface area contributed by atoms with Gasteiger partial charge in [-0.05, 0) is 12.1 Å². The number of halogens is 2. The monoisotopic (exact) mass is 227 g/mol. The highest BCUT2D eigenvalue weighted by atomic mass is 19.2. The van der Waals surface area contributed by atoms with E-state index in [1.54, 1.807) is 0 Å². The first-order valence-corrected chi connectivity index (χ1v) is 4.59. The molecule has 0 bridgehead atoms. The van der Waals surface area contributed by atoms with Crippen LogP contribution in [0.3, 0.4) is 0 Å². The number of ether oxygens (including phenoxy) is 1. The minimum absolute atomic E-state index is 0.104. The normalized spacial score (nSPS) is 9.62. The summed E-state index contributed by atoms with van der Waals surface area (Å²) in [6.45, 7) is 3.51. The molecule has 3 nitrogen and oxygen atoms in total. The molecule has 0 saturated heterocycles. The average molecular weight is 227 g/mol. The minimum atomic E-state index is -1.01. The van der Waals surface area contributed by atoms with Crippen molar-refractivity contribution in [3.05, 3.63) is 42.5 Å². The van der Waals surface area contributed by atoms with Crippen molar-refractivity contribution in [2.24, 2.45) is 0 Å². The fourth-order valence-electron chi connectivity index (χ4n) is 0.953. The maximum Gasteiger partial charge on any atom is 0.258 e. The van der Waals surface area contributed by atoms with Crippen molar-refractivity contribution in [2.45, 2.75) is 0 Å². The first-order chi connectivity index (χ1) is 7.63. The molecule has 16 heavy (non-hydrogen) atoms. The van der Waals surface area contributed by atoms with Gasteiger partial charge in [-0.15, -0.1) is 6.58 Å². The standard InChI is InChI=1S/C11H11F2NO2/c1-2-5-14-11(15)7-16-8-3-4-9(12)10(13)6-8/h2-4,6H,1,5,7H2,(H,14,15). The zero-order valence-electron chi connectivity index (χ0n) is 8.50. The molecule has 0 unspecified atom stereocenters. The zero-order chi connectivity index (χ0) is 12.0. The predicted octanol–water partition coefficient (Wildman–Crippen LogP) is 1.65. The maximum atomic E-state index is 12.7. The van der Waals surface area contributed by atoms with E-state index in [1.165, 1.54) is 12.1 Å². The van der Waals surface area contributed by atoms with Crippen LogP contribution in [0.5, 0.6) is 5.75 Å². The Morgan fingerprint density at radius 2 is 2.19 bits per heavy atom. The Balaban J connectivity index is 2.45. The van der Waals surface area contributed by atoms with Crippen molar-refractivity contribution in [1.29, 1.82) is 0 Å². The summed E-state index contributed by atoms with van der Waals surface area (Å²) in [5.41, 5.74) is 0. The average Bonchev–Trinajstić information content (AvgIpc) is 2.28. The molecule has 1 aromatic carbocycles. The van der Waals surface area contributed by atoms with Gasteiger partial charge in [-0.3, -0.25) is 4.79 Å². The summed E-state index contributed by atoms with van der Waals surface area (Å²) >= 11 is 0. The van der Waals surface area contributed by atoms with Crippen LogP contribution in [0.4, 0.5) is 8.78 Å². The number of hydrogen-bond donors (Lipinski definition) is 1. The second-order valence-electron chi connectivity index (χ2n) is 2.96. The second kappa shape index (κ2) is 5.85. The third kappa shape index (κ3) is 3.68. The molecule has 1 aromatic rings. The van der Waals surface area contributed by atoms with E-state index in [-0.39, 0.29) is 18.3 Å². The predicted molar refractivity (Wildman–Crippen MR) is 55.1 cm³/mol. The fourth-order valence-corrected chi connectivity index (χ4v) is 0.953. The molecule has 86 valence electrons. The van der Waals surface area contributed by atoms with E-state index in [0.29, 0.717) is 6.54 Å². The van der Waals surface area contributed by atoms with Gasteiger partial charge in [0.1, 0.15) is 5.75 Å². The summed E-state index contributed by atoms with van der Waals surface area (Å²) in [6.07, 6.45) is 1.52. The minimum Gasteiger partial charge on any atom is -0.484 e. The smallest absolute Gasteiger partial charge is 0.258 e. The first-order valence-electron chi connectivity index (χ1n) is 4.59. The van der Waals surface area contributed by atoms with Gasteiger partial charge in [0.25, 0.3) is 5.91 Å². The van der Waals surface area contributed by atoms with Gasteiger partial charge in [0.05, 0.1) is 0 Å².